The summed E-state index contributed by atoms with van der Waals surface area (Å²) in [5.74, 6) is 0.0782. The van der Waals surface area contributed by atoms with E-state index >= 15 is 0 Å². The first-order chi connectivity index (χ1) is 11.2. The highest BCUT2D eigenvalue weighted by Gasteiger charge is 2.01. The Labute approximate surface area is 136 Å². The summed E-state index contributed by atoms with van der Waals surface area (Å²) in [4.78, 5) is 11.5. The van der Waals surface area contributed by atoms with E-state index in [2.05, 4.69) is 5.32 Å². The van der Waals surface area contributed by atoms with Crippen molar-refractivity contribution in [2.45, 2.75) is 6.42 Å². The summed E-state index contributed by atoms with van der Waals surface area (Å²) in [5, 5.41) is 11.9. The van der Waals surface area contributed by atoms with Crippen LogP contribution >= 0.6 is 0 Å². The van der Waals surface area contributed by atoms with Crippen molar-refractivity contribution in [1.29, 1.82) is 0 Å². The molecule has 23 heavy (non-hydrogen) atoms. The number of nitrogens with two attached hydrogens (primary N) is 1. The number of carbonyl (C=O) groups excluding carboxylic acids is 1. The van der Waals surface area contributed by atoms with Crippen molar-refractivity contribution in [3.63, 3.8) is 0 Å². The quantitative estimate of drug-likeness (QED) is 0.443. The Morgan fingerprint density at radius 3 is 2.26 bits per heavy atom. The molecule has 1 aromatic rings. The van der Waals surface area contributed by atoms with Gasteiger partial charge in [0.25, 0.3) is 0 Å². The lowest BCUT2D eigenvalue weighted by Crippen LogP contribution is -2.30. The molecule has 7 heteroatoms. The normalized spacial score (nSPS) is 10.7. The number of carbonyl (C=O) groups is 1. The van der Waals surface area contributed by atoms with Gasteiger partial charge in [0, 0.05) is 13.1 Å². The van der Waals surface area contributed by atoms with E-state index in [1.54, 1.807) is 12.1 Å². The molecule has 0 saturated heterocycles. The maximum absolute atomic E-state index is 11.5. The maximum Gasteiger partial charge on any atom is 0.246 e. The van der Waals surface area contributed by atoms with E-state index in [4.69, 9.17) is 19.9 Å². The number of hydrogen-bond donors (Lipinski definition) is 3. The van der Waals surface area contributed by atoms with Crippen molar-refractivity contribution >= 4 is 5.91 Å². The molecule has 0 saturated carbocycles. The molecule has 0 aromatic heterocycles. The number of amides is 1. The zero-order chi connectivity index (χ0) is 16.8. The summed E-state index contributed by atoms with van der Waals surface area (Å²) < 4.78 is 15.6. The first-order valence-electron chi connectivity index (χ1n) is 7.70. The summed E-state index contributed by atoms with van der Waals surface area (Å²) in [5.41, 5.74) is 6.33. The Kier molecular flexibility index (Phi) is 10.8. The van der Waals surface area contributed by atoms with E-state index in [0.29, 0.717) is 52.5 Å². The van der Waals surface area contributed by atoms with Gasteiger partial charge in [0.05, 0.1) is 33.0 Å². The van der Waals surface area contributed by atoms with Crippen LogP contribution < -0.4 is 11.1 Å². The summed E-state index contributed by atoms with van der Waals surface area (Å²) >= 11 is 0. The number of ether oxygens (including phenoxy) is 3. The second kappa shape index (κ2) is 12.8. The second-order valence-corrected chi connectivity index (χ2v) is 4.83. The van der Waals surface area contributed by atoms with Crippen LogP contribution in [0.5, 0.6) is 5.75 Å². The van der Waals surface area contributed by atoms with Gasteiger partial charge in [0.2, 0.25) is 5.91 Å². The average molecular weight is 326 g/mol. The van der Waals surface area contributed by atoms with Gasteiger partial charge < -0.3 is 30.4 Å². The van der Waals surface area contributed by atoms with Crippen LogP contribution in [0.15, 0.2) is 24.3 Å². The Hall–Kier alpha value is -1.67. The Bertz CT molecular complexity index is 425. The van der Waals surface area contributed by atoms with Gasteiger partial charge in [-0.2, -0.15) is 0 Å². The second-order valence-electron chi connectivity index (χ2n) is 4.83. The van der Waals surface area contributed by atoms with E-state index in [1.807, 2.05) is 12.1 Å². The minimum absolute atomic E-state index is 0.0165. The van der Waals surface area contributed by atoms with Gasteiger partial charge in [-0.3, -0.25) is 4.79 Å². The van der Waals surface area contributed by atoms with Crippen LogP contribution in [0.2, 0.25) is 0 Å². The summed E-state index contributed by atoms with van der Waals surface area (Å²) in [7, 11) is 0. The van der Waals surface area contributed by atoms with Crippen molar-refractivity contribution in [1.82, 2.24) is 5.32 Å². The fraction of sp³-hybridized carbons (Fsp3) is 0.562. The molecule has 0 fully saturated rings. The number of nitrogens with one attached hydrogen (secondary N) is 1. The van der Waals surface area contributed by atoms with Crippen LogP contribution in [0, 0.1) is 0 Å². The molecular formula is C16H26N2O5. The monoisotopic (exact) mass is 326 g/mol. The van der Waals surface area contributed by atoms with Gasteiger partial charge in [-0.25, -0.2) is 0 Å². The molecule has 0 atom stereocenters. The molecule has 0 spiro atoms. The molecule has 0 aliphatic heterocycles. The van der Waals surface area contributed by atoms with Gasteiger partial charge in [0.15, 0.2) is 0 Å². The Morgan fingerprint density at radius 2 is 1.61 bits per heavy atom. The maximum atomic E-state index is 11.5. The number of rotatable bonds is 13. The van der Waals surface area contributed by atoms with Crippen LogP contribution in [0.3, 0.4) is 0 Å². The number of phenolic OH excluding ortho intramolecular Hbond substituents is 1. The number of hydrogen-bond acceptors (Lipinski definition) is 6. The predicted molar refractivity (Wildman–Crippen MR) is 86.3 cm³/mol. The zero-order valence-electron chi connectivity index (χ0n) is 13.3. The molecule has 4 N–H and O–H groups in total. The summed E-state index contributed by atoms with van der Waals surface area (Å²) in [6.07, 6.45) is 0.706. The first-order valence-corrected chi connectivity index (χ1v) is 7.70. The standard InChI is InChI=1S/C16H26N2O5/c17-6-8-21-9-10-22-11-12-23-13-16(20)18-7-5-14-1-3-15(19)4-2-14/h1-4,19H,5-13,17H2,(H,18,20). The van der Waals surface area contributed by atoms with E-state index in [1.165, 1.54) is 0 Å². The largest absolute Gasteiger partial charge is 0.508 e. The highest BCUT2D eigenvalue weighted by Crippen LogP contribution is 2.09. The molecule has 1 amide bonds. The number of phenols is 1. The molecule has 0 radical (unpaired) electrons. The molecule has 1 rings (SSSR count). The molecule has 7 nitrogen and oxygen atoms in total. The highest BCUT2D eigenvalue weighted by molar-refractivity contribution is 5.77. The minimum atomic E-state index is -0.157. The molecule has 0 aliphatic rings. The predicted octanol–water partition coefficient (Wildman–Crippen LogP) is 0.0594. The topological polar surface area (TPSA) is 103 Å². The lowest BCUT2D eigenvalue weighted by Gasteiger charge is -2.07. The van der Waals surface area contributed by atoms with E-state index < -0.39 is 0 Å². The summed E-state index contributed by atoms with van der Waals surface area (Å²) in [6, 6.07) is 6.90. The molecule has 0 aliphatic carbocycles. The molecule has 0 bridgehead atoms. The SMILES string of the molecule is NCCOCCOCCOCC(=O)NCCc1ccc(O)cc1. The van der Waals surface area contributed by atoms with E-state index in [-0.39, 0.29) is 18.3 Å². The number of aromatic hydroxyl groups is 1. The van der Waals surface area contributed by atoms with Gasteiger partial charge >= 0.3 is 0 Å². The highest BCUT2D eigenvalue weighted by atomic mass is 16.5. The van der Waals surface area contributed by atoms with Gasteiger partial charge in [-0.15, -0.1) is 0 Å². The molecule has 130 valence electrons. The van der Waals surface area contributed by atoms with Crippen LogP contribution in [-0.4, -0.2) is 63.7 Å². The van der Waals surface area contributed by atoms with Gasteiger partial charge in [-0.05, 0) is 24.1 Å². The molecule has 0 heterocycles. The van der Waals surface area contributed by atoms with Crippen LogP contribution in [0.4, 0.5) is 0 Å². The third kappa shape index (κ3) is 10.6. The van der Waals surface area contributed by atoms with Crippen LogP contribution in [0.25, 0.3) is 0 Å². The van der Waals surface area contributed by atoms with Crippen molar-refractivity contribution in [2.75, 3.05) is 52.7 Å². The van der Waals surface area contributed by atoms with Crippen LogP contribution in [0.1, 0.15) is 5.56 Å². The van der Waals surface area contributed by atoms with E-state index in [0.717, 1.165) is 5.56 Å². The molecule has 0 unspecified atom stereocenters. The smallest absolute Gasteiger partial charge is 0.246 e. The Balaban J connectivity index is 1.91. The Morgan fingerprint density at radius 1 is 1.00 bits per heavy atom. The zero-order valence-corrected chi connectivity index (χ0v) is 13.3. The van der Waals surface area contributed by atoms with Crippen molar-refractivity contribution < 1.29 is 24.1 Å². The van der Waals surface area contributed by atoms with Crippen LogP contribution in [-0.2, 0) is 25.4 Å². The minimum Gasteiger partial charge on any atom is -0.508 e. The fourth-order valence-corrected chi connectivity index (χ4v) is 1.75. The molecular weight excluding hydrogens is 300 g/mol. The third-order valence-corrected chi connectivity index (χ3v) is 2.91. The average Bonchev–Trinajstić information content (AvgIpc) is 2.55. The lowest BCUT2D eigenvalue weighted by molar-refractivity contribution is -0.126. The lowest BCUT2D eigenvalue weighted by atomic mass is 10.1. The first kappa shape index (κ1) is 19.4. The van der Waals surface area contributed by atoms with E-state index in [9.17, 15) is 9.90 Å². The molecule has 1 aromatic carbocycles. The third-order valence-electron chi connectivity index (χ3n) is 2.91. The fourth-order valence-electron chi connectivity index (χ4n) is 1.75. The van der Waals surface area contributed by atoms with Crippen molar-refractivity contribution in [2.24, 2.45) is 5.73 Å². The van der Waals surface area contributed by atoms with Crippen molar-refractivity contribution in [3.05, 3.63) is 29.8 Å². The summed E-state index contributed by atoms with van der Waals surface area (Å²) in [6.45, 7) is 3.37. The number of benzene rings is 1. The van der Waals surface area contributed by atoms with Gasteiger partial charge in [-0.1, -0.05) is 12.1 Å². The van der Waals surface area contributed by atoms with Gasteiger partial charge in [0.1, 0.15) is 12.4 Å². The van der Waals surface area contributed by atoms with Crippen molar-refractivity contribution in [3.8, 4) is 5.75 Å².